The fourth-order valence-electron chi connectivity index (χ4n) is 2.27. The zero-order valence-electron chi connectivity index (χ0n) is 11.8. The van der Waals surface area contributed by atoms with Crippen LogP contribution in [0, 0.1) is 11.6 Å². The highest BCUT2D eigenvalue weighted by atomic mass is 32.2. The largest absolute Gasteiger partial charge is 0.264 e. The lowest BCUT2D eigenvalue weighted by Gasteiger charge is -2.10. The minimum absolute atomic E-state index is 0.0362. The van der Waals surface area contributed by atoms with Crippen molar-refractivity contribution in [2.75, 3.05) is 0 Å². The second-order valence-corrected chi connectivity index (χ2v) is 6.61. The van der Waals surface area contributed by atoms with Crippen molar-refractivity contribution in [1.82, 2.24) is 9.71 Å². The number of fused-ring (bicyclic) bond motifs is 1. The molecule has 3 rings (SSSR count). The van der Waals surface area contributed by atoms with E-state index in [1.54, 1.807) is 24.4 Å². The van der Waals surface area contributed by atoms with Crippen LogP contribution in [0.5, 0.6) is 0 Å². The predicted octanol–water partition coefficient (Wildman–Crippen LogP) is 2.99. The van der Waals surface area contributed by atoms with Crippen LogP contribution in [-0.4, -0.2) is 13.4 Å². The first-order valence-electron chi connectivity index (χ1n) is 6.74. The maximum Gasteiger partial charge on any atom is 0.241 e. The predicted molar refractivity (Wildman–Crippen MR) is 82.1 cm³/mol. The average Bonchev–Trinajstić information content (AvgIpc) is 2.54. The van der Waals surface area contributed by atoms with E-state index in [1.165, 1.54) is 18.3 Å². The van der Waals surface area contributed by atoms with Crippen molar-refractivity contribution in [1.29, 1.82) is 0 Å². The third-order valence-corrected chi connectivity index (χ3v) is 4.89. The molecule has 0 radical (unpaired) electrons. The molecule has 0 aliphatic carbocycles. The summed E-state index contributed by atoms with van der Waals surface area (Å²) < 4.78 is 54.4. The van der Waals surface area contributed by atoms with Crippen molar-refractivity contribution >= 4 is 20.8 Å². The molecule has 1 N–H and O–H groups in total. The van der Waals surface area contributed by atoms with Crippen LogP contribution in [-0.2, 0) is 16.6 Å². The van der Waals surface area contributed by atoms with Gasteiger partial charge >= 0.3 is 0 Å². The first kappa shape index (κ1) is 15.5. The van der Waals surface area contributed by atoms with E-state index in [9.17, 15) is 17.2 Å². The van der Waals surface area contributed by atoms with Crippen LogP contribution in [0.1, 0.15) is 5.56 Å². The Bertz CT molecular complexity index is 949. The minimum atomic E-state index is -3.93. The van der Waals surface area contributed by atoms with Crippen LogP contribution in [0.3, 0.4) is 0 Å². The van der Waals surface area contributed by atoms with Crippen LogP contribution >= 0.6 is 0 Å². The van der Waals surface area contributed by atoms with Gasteiger partial charge in [-0.25, -0.2) is 21.9 Å². The van der Waals surface area contributed by atoms with Gasteiger partial charge in [-0.3, -0.25) is 4.98 Å². The zero-order chi connectivity index (χ0) is 16.4. The van der Waals surface area contributed by atoms with Crippen LogP contribution in [0.2, 0.25) is 0 Å². The number of hydrogen-bond acceptors (Lipinski definition) is 3. The topological polar surface area (TPSA) is 59.1 Å². The molecular weight excluding hydrogens is 322 g/mol. The Morgan fingerprint density at radius 3 is 2.43 bits per heavy atom. The lowest BCUT2D eigenvalue weighted by atomic mass is 10.2. The first-order chi connectivity index (χ1) is 11.0. The fourth-order valence-corrected chi connectivity index (χ4v) is 3.50. The molecule has 2 aromatic carbocycles. The van der Waals surface area contributed by atoms with Crippen molar-refractivity contribution in [2.45, 2.75) is 11.4 Å². The molecule has 0 spiro atoms. The summed E-state index contributed by atoms with van der Waals surface area (Å²) in [4.78, 5) is 3.97. The standard InChI is InChI=1S/C16H12F2N2O2S/c17-14-4-2-5-15(18)13(14)10-20-23(21,22)16-6-1-3-11-9-19-8-7-12(11)16/h1-9,20H,10H2. The van der Waals surface area contributed by atoms with Gasteiger partial charge in [0.25, 0.3) is 0 Å². The first-order valence-corrected chi connectivity index (χ1v) is 8.22. The summed E-state index contributed by atoms with van der Waals surface area (Å²) in [6.45, 7) is -0.470. The van der Waals surface area contributed by atoms with Crippen molar-refractivity contribution in [3.05, 3.63) is 72.1 Å². The van der Waals surface area contributed by atoms with Crippen molar-refractivity contribution in [3.63, 3.8) is 0 Å². The van der Waals surface area contributed by atoms with E-state index < -0.39 is 28.2 Å². The number of nitrogens with zero attached hydrogens (tertiary/aromatic N) is 1. The lowest BCUT2D eigenvalue weighted by molar-refractivity contribution is 0.544. The monoisotopic (exact) mass is 334 g/mol. The van der Waals surface area contributed by atoms with E-state index in [2.05, 4.69) is 9.71 Å². The van der Waals surface area contributed by atoms with Gasteiger partial charge in [-0.05, 0) is 24.3 Å². The van der Waals surface area contributed by atoms with E-state index in [4.69, 9.17) is 0 Å². The molecule has 0 saturated carbocycles. The molecule has 0 saturated heterocycles. The Balaban J connectivity index is 1.96. The van der Waals surface area contributed by atoms with E-state index in [0.29, 0.717) is 10.8 Å². The van der Waals surface area contributed by atoms with Gasteiger partial charge in [-0.2, -0.15) is 0 Å². The Labute approximate surface area is 131 Å². The molecular formula is C16H12F2N2O2S. The molecule has 3 aromatic rings. The third kappa shape index (κ3) is 3.06. The Morgan fingerprint density at radius 2 is 1.70 bits per heavy atom. The summed E-state index contributed by atoms with van der Waals surface area (Å²) in [5.41, 5.74) is -0.321. The number of halogens is 2. The van der Waals surface area contributed by atoms with Gasteiger partial charge in [0.1, 0.15) is 11.6 Å². The molecule has 23 heavy (non-hydrogen) atoms. The molecule has 7 heteroatoms. The SMILES string of the molecule is O=S(=O)(NCc1c(F)cccc1F)c1cccc2cnccc12. The van der Waals surface area contributed by atoms with Crippen LogP contribution in [0.15, 0.2) is 59.8 Å². The summed E-state index contributed by atoms with van der Waals surface area (Å²) in [6.07, 6.45) is 3.03. The van der Waals surface area contributed by atoms with Crippen LogP contribution in [0.4, 0.5) is 8.78 Å². The number of pyridine rings is 1. The highest BCUT2D eigenvalue weighted by Crippen LogP contribution is 2.22. The van der Waals surface area contributed by atoms with E-state index in [1.807, 2.05) is 0 Å². The van der Waals surface area contributed by atoms with Gasteiger partial charge in [-0.1, -0.05) is 18.2 Å². The normalized spacial score (nSPS) is 11.7. The molecule has 1 aromatic heterocycles. The molecule has 1 heterocycles. The maximum absolute atomic E-state index is 13.6. The Morgan fingerprint density at radius 1 is 1.00 bits per heavy atom. The average molecular weight is 334 g/mol. The third-order valence-electron chi connectivity index (χ3n) is 3.43. The van der Waals surface area contributed by atoms with Gasteiger partial charge in [0.15, 0.2) is 0 Å². The lowest BCUT2D eigenvalue weighted by Crippen LogP contribution is -2.24. The van der Waals surface area contributed by atoms with Crippen molar-refractivity contribution in [3.8, 4) is 0 Å². The molecule has 0 aliphatic heterocycles. The number of rotatable bonds is 4. The molecule has 0 fully saturated rings. The number of sulfonamides is 1. The van der Waals surface area contributed by atoms with E-state index >= 15 is 0 Å². The van der Waals surface area contributed by atoms with Gasteiger partial charge in [-0.15, -0.1) is 0 Å². The molecule has 118 valence electrons. The molecule has 0 unspecified atom stereocenters. The smallest absolute Gasteiger partial charge is 0.241 e. The molecule has 0 bridgehead atoms. The molecule has 4 nitrogen and oxygen atoms in total. The second kappa shape index (κ2) is 6.02. The summed E-state index contributed by atoms with van der Waals surface area (Å²) in [5.74, 6) is -1.59. The van der Waals surface area contributed by atoms with Crippen LogP contribution < -0.4 is 4.72 Å². The van der Waals surface area contributed by atoms with Crippen molar-refractivity contribution < 1.29 is 17.2 Å². The van der Waals surface area contributed by atoms with Crippen LogP contribution in [0.25, 0.3) is 10.8 Å². The highest BCUT2D eigenvalue weighted by Gasteiger charge is 2.18. The van der Waals surface area contributed by atoms with E-state index in [-0.39, 0.29) is 10.5 Å². The molecule has 0 aliphatic rings. The summed E-state index contributed by atoms with van der Waals surface area (Å²) in [5, 5.41) is 1.15. The summed E-state index contributed by atoms with van der Waals surface area (Å²) in [6, 6.07) is 9.71. The van der Waals surface area contributed by atoms with E-state index in [0.717, 1.165) is 12.1 Å². The molecule has 0 amide bonds. The van der Waals surface area contributed by atoms with Crippen molar-refractivity contribution in [2.24, 2.45) is 0 Å². The second-order valence-electron chi connectivity index (χ2n) is 4.88. The quantitative estimate of drug-likeness (QED) is 0.798. The van der Waals surface area contributed by atoms with Gasteiger partial charge in [0, 0.05) is 35.3 Å². The highest BCUT2D eigenvalue weighted by molar-refractivity contribution is 7.89. The number of benzene rings is 2. The van der Waals surface area contributed by atoms with Gasteiger partial charge in [0.05, 0.1) is 4.90 Å². The minimum Gasteiger partial charge on any atom is -0.264 e. The number of hydrogen-bond donors (Lipinski definition) is 1. The zero-order valence-corrected chi connectivity index (χ0v) is 12.6. The maximum atomic E-state index is 13.6. The molecule has 0 atom stereocenters. The number of aromatic nitrogens is 1. The Kier molecular flexibility index (Phi) is 4.06. The Hall–Kier alpha value is -2.38. The summed E-state index contributed by atoms with van der Waals surface area (Å²) >= 11 is 0. The van der Waals surface area contributed by atoms with Gasteiger partial charge in [0.2, 0.25) is 10.0 Å². The van der Waals surface area contributed by atoms with Gasteiger partial charge < -0.3 is 0 Å². The number of nitrogens with one attached hydrogen (secondary N) is 1. The summed E-state index contributed by atoms with van der Waals surface area (Å²) in [7, 11) is -3.93. The fraction of sp³-hybridized carbons (Fsp3) is 0.0625.